The molecule has 0 aliphatic heterocycles. The van der Waals surface area contributed by atoms with Crippen LogP contribution in [-0.2, 0) is 6.61 Å². The Labute approximate surface area is 155 Å². The highest BCUT2D eigenvalue weighted by atomic mass is 35.5. The fraction of sp³-hybridized carbons (Fsp3) is 0.150. The Kier molecular flexibility index (Phi) is 4.31. The van der Waals surface area contributed by atoms with Crippen LogP contribution < -0.4 is 4.74 Å². The van der Waals surface area contributed by atoms with E-state index in [4.69, 9.17) is 20.9 Å². The summed E-state index contributed by atoms with van der Waals surface area (Å²) in [5.41, 5.74) is 3.66. The first kappa shape index (κ1) is 16.5. The van der Waals surface area contributed by atoms with Crippen molar-refractivity contribution in [2.45, 2.75) is 20.5 Å². The van der Waals surface area contributed by atoms with Gasteiger partial charge in [0.15, 0.2) is 6.61 Å². The standard InChI is InChI=1S/C20H16ClN3O2/c1-12-5-3-4-6-16(12)25-11-17-23-20(26-24-17)18-13(2)7-8-14-9-15(21)10-22-19(14)18/h3-10H,11H2,1-2H3. The Morgan fingerprint density at radius 2 is 1.92 bits per heavy atom. The summed E-state index contributed by atoms with van der Waals surface area (Å²) in [5.74, 6) is 1.71. The van der Waals surface area contributed by atoms with Crippen LogP contribution in [0.25, 0.3) is 22.4 Å². The van der Waals surface area contributed by atoms with Gasteiger partial charge in [-0.2, -0.15) is 4.98 Å². The van der Waals surface area contributed by atoms with E-state index in [2.05, 4.69) is 15.1 Å². The molecule has 6 heteroatoms. The van der Waals surface area contributed by atoms with Crippen LogP contribution in [0.15, 0.2) is 53.2 Å². The van der Waals surface area contributed by atoms with Crippen LogP contribution in [0, 0.1) is 13.8 Å². The van der Waals surface area contributed by atoms with Crippen LogP contribution in [0.3, 0.4) is 0 Å². The largest absolute Gasteiger partial charge is 0.485 e. The Morgan fingerprint density at radius 3 is 2.77 bits per heavy atom. The summed E-state index contributed by atoms with van der Waals surface area (Å²) in [6.45, 7) is 4.21. The summed E-state index contributed by atoms with van der Waals surface area (Å²) in [7, 11) is 0. The number of aromatic nitrogens is 3. The average molecular weight is 366 g/mol. The van der Waals surface area contributed by atoms with Gasteiger partial charge in [0.1, 0.15) is 5.75 Å². The SMILES string of the molecule is Cc1ccccc1OCc1noc(-c2c(C)ccc3cc(Cl)cnc23)n1. The Balaban J connectivity index is 1.65. The zero-order chi connectivity index (χ0) is 18.1. The molecule has 0 aliphatic rings. The molecule has 2 aromatic heterocycles. The molecule has 26 heavy (non-hydrogen) atoms. The van der Waals surface area contributed by atoms with Crippen LogP contribution >= 0.6 is 11.6 Å². The van der Waals surface area contributed by atoms with Crippen molar-refractivity contribution in [1.82, 2.24) is 15.1 Å². The van der Waals surface area contributed by atoms with Crippen LogP contribution in [0.5, 0.6) is 5.75 Å². The summed E-state index contributed by atoms with van der Waals surface area (Å²) >= 11 is 6.04. The highest BCUT2D eigenvalue weighted by Gasteiger charge is 2.16. The van der Waals surface area contributed by atoms with Gasteiger partial charge in [-0.05, 0) is 37.1 Å². The molecular weight excluding hydrogens is 350 g/mol. The molecule has 0 amide bonds. The Hall–Kier alpha value is -2.92. The van der Waals surface area contributed by atoms with Crippen LogP contribution in [0.4, 0.5) is 0 Å². The second-order valence-corrected chi connectivity index (χ2v) is 6.49. The molecule has 0 aliphatic carbocycles. The summed E-state index contributed by atoms with van der Waals surface area (Å²) in [6.07, 6.45) is 1.62. The van der Waals surface area contributed by atoms with Gasteiger partial charge >= 0.3 is 0 Å². The van der Waals surface area contributed by atoms with Crippen LogP contribution in [-0.4, -0.2) is 15.1 Å². The number of hydrogen-bond acceptors (Lipinski definition) is 5. The van der Waals surface area contributed by atoms with Gasteiger partial charge in [-0.25, -0.2) is 0 Å². The topological polar surface area (TPSA) is 61.0 Å². The van der Waals surface area contributed by atoms with Gasteiger partial charge in [0.2, 0.25) is 5.82 Å². The van der Waals surface area contributed by atoms with Gasteiger partial charge in [0, 0.05) is 11.6 Å². The minimum absolute atomic E-state index is 0.234. The Bertz CT molecular complexity index is 1090. The molecule has 2 heterocycles. The van der Waals surface area contributed by atoms with E-state index in [0.717, 1.165) is 33.3 Å². The monoisotopic (exact) mass is 365 g/mol. The highest BCUT2D eigenvalue weighted by Crippen LogP contribution is 2.30. The third-order valence-electron chi connectivity index (χ3n) is 4.16. The molecule has 130 valence electrons. The predicted octanol–water partition coefficient (Wildman–Crippen LogP) is 5.13. The van der Waals surface area contributed by atoms with Crippen molar-refractivity contribution >= 4 is 22.5 Å². The first-order chi connectivity index (χ1) is 12.6. The number of aryl methyl sites for hydroxylation is 2. The van der Waals surface area contributed by atoms with Crippen molar-refractivity contribution in [1.29, 1.82) is 0 Å². The molecule has 5 nitrogen and oxygen atoms in total. The van der Waals surface area contributed by atoms with Gasteiger partial charge in [-0.15, -0.1) is 0 Å². The lowest BCUT2D eigenvalue weighted by Crippen LogP contribution is -1.99. The number of benzene rings is 2. The number of fused-ring (bicyclic) bond motifs is 1. The fourth-order valence-corrected chi connectivity index (χ4v) is 2.99. The quantitative estimate of drug-likeness (QED) is 0.501. The van der Waals surface area contributed by atoms with E-state index in [0.29, 0.717) is 16.7 Å². The first-order valence-corrected chi connectivity index (χ1v) is 8.56. The molecule has 0 saturated heterocycles. The summed E-state index contributed by atoms with van der Waals surface area (Å²) < 4.78 is 11.3. The lowest BCUT2D eigenvalue weighted by Gasteiger charge is -2.06. The molecule has 0 unspecified atom stereocenters. The molecule has 0 fully saturated rings. The first-order valence-electron chi connectivity index (χ1n) is 8.18. The molecule has 0 bridgehead atoms. The maximum absolute atomic E-state index is 6.04. The number of rotatable bonds is 4. The smallest absolute Gasteiger partial charge is 0.260 e. The van der Waals surface area contributed by atoms with E-state index in [-0.39, 0.29) is 6.61 Å². The van der Waals surface area contributed by atoms with Crippen LogP contribution in [0.2, 0.25) is 5.02 Å². The van der Waals surface area contributed by atoms with E-state index in [1.54, 1.807) is 6.20 Å². The van der Waals surface area contributed by atoms with Crippen molar-refractivity contribution in [2.75, 3.05) is 0 Å². The van der Waals surface area contributed by atoms with Crippen molar-refractivity contribution in [3.05, 3.63) is 70.6 Å². The van der Waals surface area contributed by atoms with E-state index < -0.39 is 0 Å². The molecule has 0 atom stereocenters. The van der Waals surface area contributed by atoms with Gasteiger partial charge in [0.05, 0.1) is 16.1 Å². The number of nitrogens with zero attached hydrogens (tertiary/aromatic N) is 3. The molecule has 4 aromatic rings. The zero-order valence-electron chi connectivity index (χ0n) is 14.4. The van der Waals surface area contributed by atoms with Crippen LogP contribution in [0.1, 0.15) is 17.0 Å². The Morgan fingerprint density at radius 1 is 1.08 bits per heavy atom. The third kappa shape index (κ3) is 3.13. The van der Waals surface area contributed by atoms with E-state index in [9.17, 15) is 0 Å². The molecule has 0 radical (unpaired) electrons. The van der Waals surface area contributed by atoms with Crippen molar-refractivity contribution < 1.29 is 9.26 Å². The molecule has 0 spiro atoms. The summed E-state index contributed by atoms with van der Waals surface area (Å²) in [6, 6.07) is 13.6. The number of halogens is 1. The van der Waals surface area contributed by atoms with Crippen molar-refractivity contribution in [2.24, 2.45) is 0 Å². The minimum Gasteiger partial charge on any atom is -0.485 e. The van der Waals surface area contributed by atoms with Crippen molar-refractivity contribution in [3.8, 4) is 17.2 Å². The maximum atomic E-state index is 6.04. The normalized spacial score (nSPS) is 11.0. The zero-order valence-corrected chi connectivity index (χ0v) is 15.1. The second kappa shape index (κ2) is 6.77. The number of para-hydroxylation sites is 1. The molecule has 0 N–H and O–H groups in total. The van der Waals surface area contributed by atoms with E-state index in [1.165, 1.54) is 0 Å². The maximum Gasteiger partial charge on any atom is 0.260 e. The molecule has 0 saturated carbocycles. The van der Waals surface area contributed by atoms with Gasteiger partial charge in [-0.3, -0.25) is 4.98 Å². The number of ether oxygens (including phenoxy) is 1. The van der Waals surface area contributed by atoms with E-state index in [1.807, 2.05) is 56.3 Å². The minimum atomic E-state index is 0.234. The van der Waals surface area contributed by atoms with Gasteiger partial charge in [0.25, 0.3) is 5.89 Å². The van der Waals surface area contributed by atoms with Gasteiger partial charge in [-0.1, -0.05) is 47.1 Å². The molecule has 4 rings (SSSR count). The average Bonchev–Trinajstić information content (AvgIpc) is 3.09. The predicted molar refractivity (Wildman–Crippen MR) is 100 cm³/mol. The summed E-state index contributed by atoms with van der Waals surface area (Å²) in [4.78, 5) is 8.92. The molecule has 2 aromatic carbocycles. The molecular formula is C20H16ClN3O2. The lowest BCUT2D eigenvalue weighted by atomic mass is 10.0. The van der Waals surface area contributed by atoms with E-state index >= 15 is 0 Å². The summed E-state index contributed by atoms with van der Waals surface area (Å²) in [5, 5.41) is 5.55. The third-order valence-corrected chi connectivity index (χ3v) is 4.37. The number of hydrogen-bond donors (Lipinski definition) is 0. The lowest BCUT2D eigenvalue weighted by molar-refractivity contribution is 0.285. The number of pyridine rings is 1. The van der Waals surface area contributed by atoms with Crippen molar-refractivity contribution in [3.63, 3.8) is 0 Å². The van der Waals surface area contributed by atoms with Gasteiger partial charge < -0.3 is 9.26 Å². The second-order valence-electron chi connectivity index (χ2n) is 6.05. The fourth-order valence-electron chi connectivity index (χ4n) is 2.82. The highest BCUT2D eigenvalue weighted by molar-refractivity contribution is 6.31.